The Kier molecular flexibility index (Phi) is 4.49. The van der Waals surface area contributed by atoms with Gasteiger partial charge in [0, 0.05) is 5.56 Å². The summed E-state index contributed by atoms with van der Waals surface area (Å²) in [7, 11) is 1.54. The SMILES string of the molecule is COc1cccc(C(=O)Cn2cnc3c(cnn3-c3ccc(C)cc3)c2=O)c1. The van der Waals surface area contributed by atoms with Crippen molar-refractivity contribution in [1.29, 1.82) is 0 Å². The number of hydrogen-bond donors (Lipinski definition) is 0. The van der Waals surface area contributed by atoms with Gasteiger partial charge in [-0.05, 0) is 31.2 Å². The van der Waals surface area contributed by atoms with Gasteiger partial charge in [-0.2, -0.15) is 5.10 Å². The van der Waals surface area contributed by atoms with Crippen LogP contribution in [0, 0.1) is 6.92 Å². The molecule has 0 fully saturated rings. The van der Waals surface area contributed by atoms with Gasteiger partial charge in [0.2, 0.25) is 0 Å². The molecule has 7 heteroatoms. The first-order valence-corrected chi connectivity index (χ1v) is 8.74. The maximum absolute atomic E-state index is 12.8. The summed E-state index contributed by atoms with van der Waals surface area (Å²) >= 11 is 0. The second kappa shape index (κ2) is 7.11. The van der Waals surface area contributed by atoms with Gasteiger partial charge in [0.1, 0.15) is 17.5 Å². The van der Waals surface area contributed by atoms with Crippen LogP contribution in [0.4, 0.5) is 0 Å². The molecule has 2 heterocycles. The summed E-state index contributed by atoms with van der Waals surface area (Å²) in [5.74, 6) is 0.388. The van der Waals surface area contributed by atoms with Gasteiger partial charge in [-0.15, -0.1) is 0 Å². The van der Waals surface area contributed by atoms with Gasteiger partial charge in [-0.1, -0.05) is 29.8 Å². The fraction of sp³-hybridized carbons (Fsp3) is 0.143. The number of aryl methyl sites for hydroxylation is 1. The number of benzene rings is 2. The Bertz CT molecular complexity index is 1220. The number of methoxy groups -OCH3 is 1. The monoisotopic (exact) mass is 374 g/mol. The molecular formula is C21H18N4O3. The van der Waals surface area contributed by atoms with E-state index in [1.807, 2.05) is 31.2 Å². The summed E-state index contributed by atoms with van der Waals surface area (Å²) in [5.41, 5.74) is 2.57. The highest BCUT2D eigenvalue weighted by Crippen LogP contribution is 2.15. The molecule has 2 aromatic carbocycles. The minimum Gasteiger partial charge on any atom is -0.497 e. The predicted octanol–water partition coefficient (Wildman–Crippen LogP) is 2.78. The Balaban J connectivity index is 1.68. The maximum atomic E-state index is 12.8. The summed E-state index contributed by atoms with van der Waals surface area (Å²) < 4.78 is 8.06. The lowest BCUT2D eigenvalue weighted by Crippen LogP contribution is -2.24. The zero-order valence-electron chi connectivity index (χ0n) is 15.5. The first kappa shape index (κ1) is 17.7. The summed E-state index contributed by atoms with van der Waals surface area (Å²) in [6.45, 7) is 1.89. The van der Waals surface area contributed by atoms with E-state index in [0.717, 1.165) is 11.3 Å². The van der Waals surface area contributed by atoms with E-state index in [4.69, 9.17) is 4.74 Å². The first-order chi connectivity index (χ1) is 13.6. The van der Waals surface area contributed by atoms with E-state index < -0.39 is 0 Å². The Labute approximate surface area is 160 Å². The standard InChI is InChI=1S/C21H18N4O3/c1-14-6-8-16(9-7-14)25-20-18(11-23-25)21(27)24(13-22-20)12-19(26)15-4-3-5-17(10-15)28-2/h3-11,13H,12H2,1-2H3. The summed E-state index contributed by atoms with van der Waals surface area (Å²) in [5, 5.41) is 4.66. The van der Waals surface area contributed by atoms with Gasteiger partial charge in [0.25, 0.3) is 5.56 Å². The van der Waals surface area contributed by atoms with E-state index in [2.05, 4.69) is 10.1 Å². The van der Waals surface area contributed by atoms with Crippen LogP contribution in [0.25, 0.3) is 16.7 Å². The van der Waals surface area contributed by atoms with E-state index in [-0.39, 0.29) is 17.9 Å². The van der Waals surface area contributed by atoms with Gasteiger partial charge < -0.3 is 4.74 Å². The number of aromatic nitrogens is 4. The number of carbonyl (C=O) groups excluding carboxylic acids is 1. The van der Waals surface area contributed by atoms with Crippen LogP contribution in [0.2, 0.25) is 0 Å². The molecule has 4 aromatic rings. The molecule has 0 atom stereocenters. The number of ketones is 1. The third-order valence-electron chi connectivity index (χ3n) is 4.54. The molecule has 0 aliphatic heterocycles. The van der Waals surface area contributed by atoms with Crippen LogP contribution >= 0.6 is 0 Å². The average Bonchev–Trinajstić information content (AvgIpc) is 3.15. The molecule has 0 aliphatic carbocycles. The molecule has 0 radical (unpaired) electrons. The molecule has 0 saturated carbocycles. The van der Waals surface area contributed by atoms with Crippen LogP contribution in [0.15, 0.2) is 65.8 Å². The van der Waals surface area contributed by atoms with Crippen molar-refractivity contribution >= 4 is 16.8 Å². The van der Waals surface area contributed by atoms with Crippen LogP contribution in [-0.4, -0.2) is 32.2 Å². The minimum atomic E-state index is -0.306. The highest BCUT2D eigenvalue weighted by Gasteiger charge is 2.14. The molecule has 0 unspecified atom stereocenters. The molecule has 140 valence electrons. The van der Waals surface area contributed by atoms with E-state index in [9.17, 15) is 9.59 Å². The number of Topliss-reactive ketones (excluding diaryl/α,β-unsaturated/α-hetero) is 1. The Morgan fingerprint density at radius 2 is 1.93 bits per heavy atom. The molecule has 0 saturated heterocycles. The van der Waals surface area contributed by atoms with E-state index in [0.29, 0.717) is 22.3 Å². The van der Waals surface area contributed by atoms with Gasteiger partial charge in [-0.3, -0.25) is 14.2 Å². The number of ether oxygens (including phenoxy) is 1. The smallest absolute Gasteiger partial charge is 0.264 e. The van der Waals surface area contributed by atoms with Crippen LogP contribution in [0.1, 0.15) is 15.9 Å². The molecular weight excluding hydrogens is 356 g/mol. The van der Waals surface area contributed by atoms with Gasteiger partial charge in [0.05, 0.1) is 25.5 Å². The zero-order chi connectivity index (χ0) is 19.7. The van der Waals surface area contributed by atoms with Gasteiger partial charge in [-0.25, -0.2) is 9.67 Å². The molecule has 0 N–H and O–H groups in total. The Hall–Kier alpha value is -3.74. The summed E-state index contributed by atoms with van der Waals surface area (Å²) in [4.78, 5) is 29.7. The van der Waals surface area contributed by atoms with Crippen molar-refractivity contribution in [3.05, 3.63) is 82.5 Å². The second-order valence-electron chi connectivity index (χ2n) is 6.46. The third kappa shape index (κ3) is 3.18. The Morgan fingerprint density at radius 1 is 1.14 bits per heavy atom. The first-order valence-electron chi connectivity index (χ1n) is 8.74. The van der Waals surface area contributed by atoms with Crippen LogP contribution in [0.3, 0.4) is 0 Å². The molecule has 28 heavy (non-hydrogen) atoms. The molecule has 0 bridgehead atoms. The van der Waals surface area contributed by atoms with Gasteiger partial charge >= 0.3 is 0 Å². The van der Waals surface area contributed by atoms with Crippen molar-refractivity contribution in [2.24, 2.45) is 0 Å². The van der Waals surface area contributed by atoms with E-state index in [1.165, 1.54) is 24.2 Å². The molecule has 0 amide bonds. The summed E-state index contributed by atoms with van der Waals surface area (Å²) in [6.07, 6.45) is 2.87. The molecule has 0 spiro atoms. The van der Waals surface area contributed by atoms with Crippen molar-refractivity contribution in [1.82, 2.24) is 19.3 Å². The summed E-state index contributed by atoms with van der Waals surface area (Å²) in [6, 6.07) is 14.6. The maximum Gasteiger partial charge on any atom is 0.264 e. The van der Waals surface area contributed by atoms with Crippen molar-refractivity contribution < 1.29 is 9.53 Å². The largest absolute Gasteiger partial charge is 0.497 e. The quantitative estimate of drug-likeness (QED) is 0.502. The predicted molar refractivity (Wildman–Crippen MR) is 105 cm³/mol. The lowest BCUT2D eigenvalue weighted by atomic mass is 10.1. The molecule has 4 rings (SSSR count). The van der Waals surface area contributed by atoms with Crippen molar-refractivity contribution in [2.75, 3.05) is 7.11 Å². The topological polar surface area (TPSA) is 79.0 Å². The zero-order valence-corrected chi connectivity index (χ0v) is 15.5. The molecule has 7 nitrogen and oxygen atoms in total. The number of carbonyl (C=O) groups is 1. The Morgan fingerprint density at radius 3 is 2.68 bits per heavy atom. The number of nitrogens with zero attached hydrogens (tertiary/aromatic N) is 4. The highest BCUT2D eigenvalue weighted by atomic mass is 16.5. The van der Waals surface area contributed by atoms with E-state index >= 15 is 0 Å². The van der Waals surface area contributed by atoms with Crippen molar-refractivity contribution in [3.8, 4) is 11.4 Å². The number of fused-ring (bicyclic) bond motifs is 1. The second-order valence-corrected chi connectivity index (χ2v) is 6.46. The van der Waals surface area contributed by atoms with E-state index in [1.54, 1.807) is 28.9 Å². The average molecular weight is 374 g/mol. The van der Waals surface area contributed by atoms with Crippen LogP contribution < -0.4 is 10.3 Å². The fourth-order valence-corrected chi connectivity index (χ4v) is 2.98. The lowest BCUT2D eigenvalue weighted by Gasteiger charge is -2.07. The highest BCUT2D eigenvalue weighted by molar-refractivity contribution is 5.96. The molecule has 0 aliphatic rings. The lowest BCUT2D eigenvalue weighted by molar-refractivity contribution is 0.0970. The van der Waals surface area contributed by atoms with Gasteiger partial charge in [0.15, 0.2) is 11.4 Å². The normalized spacial score (nSPS) is 10.9. The number of hydrogen-bond acceptors (Lipinski definition) is 5. The third-order valence-corrected chi connectivity index (χ3v) is 4.54. The van der Waals surface area contributed by atoms with Crippen molar-refractivity contribution in [2.45, 2.75) is 13.5 Å². The molecule has 2 aromatic heterocycles. The number of rotatable bonds is 5. The van der Waals surface area contributed by atoms with Crippen molar-refractivity contribution in [3.63, 3.8) is 0 Å². The minimum absolute atomic E-state index is 0.106. The fourth-order valence-electron chi connectivity index (χ4n) is 2.98. The van der Waals surface area contributed by atoms with Crippen LogP contribution in [0.5, 0.6) is 5.75 Å². The van der Waals surface area contributed by atoms with Crippen LogP contribution in [-0.2, 0) is 6.54 Å².